The van der Waals surface area contributed by atoms with Crippen molar-refractivity contribution in [1.29, 1.82) is 0 Å². The first-order valence-electron chi connectivity index (χ1n) is 4.19. The molecule has 1 aromatic rings. The van der Waals surface area contributed by atoms with Gasteiger partial charge in [0.25, 0.3) is 0 Å². The lowest BCUT2D eigenvalue weighted by Gasteiger charge is -1.95. The molecule has 74 valence electrons. The molecular formula is C10H10FNO2. The highest BCUT2D eigenvalue weighted by atomic mass is 19.1. The average Bonchev–Trinajstić information content (AvgIpc) is 2.17. The Hall–Kier alpha value is -1.71. The Bertz CT molecular complexity index is 350. The van der Waals surface area contributed by atoms with E-state index in [1.807, 2.05) is 0 Å². The van der Waals surface area contributed by atoms with E-state index in [9.17, 15) is 9.18 Å². The van der Waals surface area contributed by atoms with Gasteiger partial charge in [-0.15, -0.1) is 0 Å². The van der Waals surface area contributed by atoms with Crippen molar-refractivity contribution in [2.45, 2.75) is 6.92 Å². The van der Waals surface area contributed by atoms with Crippen molar-refractivity contribution in [3.05, 3.63) is 35.9 Å². The second kappa shape index (κ2) is 5.11. The van der Waals surface area contributed by atoms with E-state index in [1.54, 1.807) is 6.92 Å². The summed E-state index contributed by atoms with van der Waals surface area (Å²) in [5.74, 6) is -0.967. The van der Waals surface area contributed by atoms with E-state index >= 15 is 0 Å². The number of carbonyl (C=O) groups excluding carboxylic acids is 1. The molecule has 0 unspecified atom stereocenters. The summed E-state index contributed by atoms with van der Waals surface area (Å²) in [5.41, 5.74) is 0.126. The zero-order valence-corrected chi connectivity index (χ0v) is 7.74. The van der Waals surface area contributed by atoms with E-state index in [4.69, 9.17) is 0 Å². The molecule has 0 atom stereocenters. The summed E-state index contributed by atoms with van der Waals surface area (Å²) in [7, 11) is 0. The molecule has 0 amide bonds. The zero-order valence-electron chi connectivity index (χ0n) is 7.74. The number of hydrogen-bond acceptors (Lipinski definition) is 3. The van der Waals surface area contributed by atoms with E-state index in [0.29, 0.717) is 6.61 Å². The van der Waals surface area contributed by atoms with Gasteiger partial charge in [0, 0.05) is 12.3 Å². The number of hydrogen-bond donors (Lipinski definition) is 0. The fourth-order valence-electron chi connectivity index (χ4n) is 0.858. The van der Waals surface area contributed by atoms with Gasteiger partial charge in [0.05, 0.1) is 12.3 Å². The maximum Gasteiger partial charge on any atom is 0.330 e. The van der Waals surface area contributed by atoms with Crippen molar-refractivity contribution in [3.8, 4) is 0 Å². The van der Waals surface area contributed by atoms with Crippen LogP contribution in [-0.2, 0) is 9.53 Å². The maximum atomic E-state index is 13.0. The summed E-state index contributed by atoms with van der Waals surface area (Å²) >= 11 is 0. The van der Waals surface area contributed by atoms with Gasteiger partial charge in [0.15, 0.2) is 0 Å². The van der Waals surface area contributed by atoms with Crippen LogP contribution in [0, 0.1) is 5.82 Å². The van der Waals surface area contributed by atoms with Crippen molar-refractivity contribution in [2.75, 3.05) is 6.61 Å². The molecule has 0 aliphatic rings. The lowest BCUT2D eigenvalue weighted by atomic mass is 10.3. The summed E-state index contributed by atoms with van der Waals surface area (Å²) in [6.45, 7) is 2.00. The molecule has 0 bridgehead atoms. The number of carbonyl (C=O) groups is 1. The van der Waals surface area contributed by atoms with Crippen LogP contribution in [0.3, 0.4) is 0 Å². The van der Waals surface area contributed by atoms with E-state index in [2.05, 4.69) is 9.72 Å². The van der Waals surface area contributed by atoms with Crippen LogP contribution in [0.2, 0.25) is 0 Å². The normalized spacial score (nSPS) is 10.4. The fourth-order valence-corrected chi connectivity index (χ4v) is 0.858. The lowest BCUT2D eigenvalue weighted by Crippen LogP contribution is -1.99. The first-order chi connectivity index (χ1) is 6.74. The molecule has 0 saturated carbocycles. The Kier molecular flexibility index (Phi) is 3.79. The van der Waals surface area contributed by atoms with Gasteiger partial charge in [0.2, 0.25) is 0 Å². The van der Waals surface area contributed by atoms with Crippen molar-refractivity contribution >= 4 is 12.0 Å². The van der Waals surface area contributed by atoms with E-state index < -0.39 is 11.8 Å². The van der Waals surface area contributed by atoms with Gasteiger partial charge in [-0.3, -0.25) is 4.98 Å². The highest BCUT2D eigenvalue weighted by Crippen LogP contribution is 2.04. The third-order valence-corrected chi connectivity index (χ3v) is 1.45. The van der Waals surface area contributed by atoms with Crippen molar-refractivity contribution in [3.63, 3.8) is 0 Å². The minimum atomic E-state index is -0.502. The van der Waals surface area contributed by atoms with Gasteiger partial charge in [-0.1, -0.05) is 0 Å². The van der Waals surface area contributed by atoms with Gasteiger partial charge in [-0.25, -0.2) is 9.18 Å². The molecule has 0 aliphatic heterocycles. The molecule has 0 radical (unpaired) electrons. The number of halogens is 1. The second-order valence-electron chi connectivity index (χ2n) is 2.46. The van der Waals surface area contributed by atoms with E-state index in [1.165, 1.54) is 24.4 Å². The average molecular weight is 195 g/mol. The van der Waals surface area contributed by atoms with Crippen LogP contribution in [-0.4, -0.2) is 17.6 Å². The molecule has 1 heterocycles. The van der Waals surface area contributed by atoms with Crippen molar-refractivity contribution in [2.24, 2.45) is 0 Å². The molecule has 0 N–H and O–H groups in total. The number of aromatic nitrogens is 1. The van der Waals surface area contributed by atoms with Crippen LogP contribution < -0.4 is 0 Å². The Morgan fingerprint density at radius 1 is 1.71 bits per heavy atom. The molecule has 14 heavy (non-hydrogen) atoms. The first kappa shape index (κ1) is 10.4. The predicted octanol–water partition coefficient (Wildman–Crippen LogP) is 1.80. The summed E-state index contributed by atoms with van der Waals surface area (Å²) in [5, 5.41) is 0. The van der Waals surface area contributed by atoms with Gasteiger partial charge in [-0.2, -0.15) is 0 Å². The third kappa shape index (κ3) is 2.97. The monoisotopic (exact) mass is 195 g/mol. The first-order valence-corrected chi connectivity index (χ1v) is 4.19. The summed E-state index contributed by atoms with van der Waals surface area (Å²) in [6, 6.07) is 2.76. The van der Waals surface area contributed by atoms with Gasteiger partial charge < -0.3 is 4.74 Å². The molecule has 0 aliphatic carbocycles. The molecule has 3 nitrogen and oxygen atoms in total. The quantitative estimate of drug-likeness (QED) is 0.545. The minimum absolute atomic E-state index is 0.126. The van der Waals surface area contributed by atoms with Crippen LogP contribution in [0.25, 0.3) is 6.08 Å². The molecule has 4 heteroatoms. The highest BCUT2D eigenvalue weighted by molar-refractivity contribution is 5.86. The van der Waals surface area contributed by atoms with Crippen LogP contribution in [0.4, 0.5) is 4.39 Å². The van der Waals surface area contributed by atoms with Crippen molar-refractivity contribution < 1.29 is 13.9 Å². The minimum Gasteiger partial charge on any atom is -0.463 e. The maximum absolute atomic E-state index is 13.0. The van der Waals surface area contributed by atoms with Gasteiger partial charge >= 0.3 is 5.97 Å². The highest BCUT2D eigenvalue weighted by Gasteiger charge is 1.99. The number of rotatable bonds is 3. The summed E-state index contributed by atoms with van der Waals surface area (Å²) in [4.78, 5) is 14.6. The van der Waals surface area contributed by atoms with Crippen LogP contribution in [0.1, 0.15) is 12.6 Å². The number of nitrogens with zero attached hydrogens (tertiary/aromatic N) is 1. The molecule has 1 aromatic heterocycles. The number of pyridine rings is 1. The summed E-state index contributed by atoms with van der Waals surface area (Å²) < 4.78 is 17.6. The molecule has 0 fully saturated rings. The smallest absolute Gasteiger partial charge is 0.330 e. The number of ether oxygens (including phenoxy) is 1. The third-order valence-electron chi connectivity index (χ3n) is 1.45. The standard InChI is InChI=1S/C10H10FNO2/c1-2-14-10(13)6-5-9-8(11)4-3-7-12-9/h3-7H,2H2,1H3. The zero-order chi connectivity index (χ0) is 10.4. The van der Waals surface area contributed by atoms with Crippen LogP contribution >= 0.6 is 0 Å². The van der Waals surface area contributed by atoms with Gasteiger partial charge in [0.1, 0.15) is 5.82 Å². The molecule has 1 rings (SSSR count). The molecular weight excluding hydrogens is 185 g/mol. The van der Waals surface area contributed by atoms with Gasteiger partial charge in [-0.05, 0) is 25.1 Å². The van der Waals surface area contributed by atoms with Crippen molar-refractivity contribution in [1.82, 2.24) is 4.98 Å². The summed E-state index contributed by atoms with van der Waals surface area (Å²) in [6.07, 6.45) is 3.89. The number of esters is 1. The molecule has 0 spiro atoms. The molecule has 0 aromatic carbocycles. The lowest BCUT2D eigenvalue weighted by molar-refractivity contribution is -0.137. The largest absolute Gasteiger partial charge is 0.463 e. The topological polar surface area (TPSA) is 39.2 Å². The Labute approximate surface area is 81.2 Å². The second-order valence-corrected chi connectivity index (χ2v) is 2.46. The SMILES string of the molecule is CCOC(=O)C=Cc1ncccc1F. The molecule has 0 saturated heterocycles. The fraction of sp³-hybridized carbons (Fsp3) is 0.200. The van der Waals surface area contributed by atoms with E-state index in [-0.39, 0.29) is 5.69 Å². The Morgan fingerprint density at radius 2 is 2.50 bits per heavy atom. The predicted molar refractivity (Wildman–Crippen MR) is 49.9 cm³/mol. The van der Waals surface area contributed by atoms with E-state index in [0.717, 1.165) is 6.08 Å². The Morgan fingerprint density at radius 3 is 3.14 bits per heavy atom. The van der Waals surface area contributed by atoms with Crippen LogP contribution in [0.15, 0.2) is 24.4 Å². The Balaban J connectivity index is 2.69. The van der Waals surface area contributed by atoms with Crippen LogP contribution in [0.5, 0.6) is 0 Å².